The van der Waals surface area contributed by atoms with Gasteiger partial charge in [-0.1, -0.05) is 17.7 Å². The van der Waals surface area contributed by atoms with Crippen LogP contribution in [0, 0.1) is 0 Å². The predicted molar refractivity (Wildman–Crippen MR) is 79.3 cm³/mol. The highest BCUT2D eigenvalue weighted by Gasteiger charge is 2.33. The number of benzene rings is 1. The largest absolute Gasteiger partial charge is 0.417 e. The first-order valence-electron chi connectivity index (χ1n) is 6.17. The molecule has 2 aromatic rings. The lowest BCUT2D eigenvalue weighted by atomic mass is 10.1. The number of aromatic nitrogens is 2. The molecule has 0 unspecified atom stereocenters. The van der Waals surface area contributed by atoms with Crippen molar-refractivity contribution >= 4 is 23.8 Å². The average molecular weight is 329 g/mol. The Bertz CT molecular complexity index is 681. The Hall–Kier alpha value is -2.15. The summed E-state index contributed by atoms with van der Waals surface area (Å²) in [4.78, 5) is 13.9. The van der Waals surface area contributed by atoms with Gasteiger partial charge < -0.3 is 4.90 Å². The number of aliphatic imine (C=N–C) groups is 1. The Balaban J connectivity index is 2.33. The summed E-state index contributed by atoms with van der Waals surface area (Å²) < 4.78 is 38.5. The molecule has 1 heterocycles. The van der Waals surface area contributed by atoms with Crippen LogP contribution in [-0.4, -0.2) is 35.3 Å². The lowest BCUT2D eigenvalue weighted by Crippen LogP contribution is -2.07. The maximum atomic E-state index is 12.8. The van der Waals surface area contributed by atoms with Crippen LogP contribution in [0.4, 0.5) is 19.0 Å². The Labute approximate surface area is 130 Å². The van der Waals surface area contributed by atoms with Crippen LogP contribution in [0.25, 0.3) is 11.3 Å². The van der Waals surface area contributed by atoms with Crippen LogP contribution in [0.1, 0.15) is 5.56 Å². The zero-order valence-electron chi connectivity index (χ0n) is 11.8. The lowest BCUT2D eigenvalue weighted by Gasteiger charge is -2.10. The monoisotopic (exact) mass is 328 g/mol. The molecule has 0 N–H and O–H groups in total. The van der Waals surface area contributed by atoms with Crippen molar-refractivity contribution in [1.82, 2.24) is 14.9 Å². The van der Waals surface area contributed by atoms with Crippen molar-refractivity contribution in [2.75, 3.05) is 14.1 Å². The van der Waals surface area contributed by atoms with Crippen molar-refractivity contribution in [3.8, 4) is 11.3 Å². The van der Waals surface area contributed by atoms with Crippen LogP contribution in [0.2, 0.25) is 5.02 Å². The summed E-state index contributed by atoms with van der Waals surface area (Å²) >= 11 is 5.58. The SMILES string of the molecule is CN(C)C=Nc1cnc(-c2ccc(Cl)c(C(F)(F)F)c2)cn1. The summed E-state index contributed by atoms with van der Waals surface area (Å²) in [6.07, 6.45) is -0.215. The van der Waals surface area contributed by atoms with Gasteiger partial charge >= 0.3 is 6.18 Å². The molecular formula is C14H12ClF3N4. The highest BCUT2D eigenvalue weighted by atomic mass is 35.5. The highest BCUT2D eigenvalue weighted by Crippen LogP contribution is 2.36. The minimum absolute atomic E-state index is 0.285. The summed E-state index contributed by atoms with van der Waals surface area (Å²) in [7, 11) is 3.61. The minimum atomic E-state index is -4.52. The number of rotatable bonds is 3. The molecule has 116 valence electrons. The number of halogens is 4. The smallest absolute Gasteiger partial charge is 0.369 e. The first-order valence-corrected chi connectivity index (χ1v) is 6.55. The van der Waals surface area contributed by atoms with E-state index in [-0.39, 0.29) is 10.6 Å². The van der Waals surface area contributed by atoms with Gasteiger partial charge in [-0.05, 0) is 12.1 Å². The number of hydrogen-bond acceptors (Lipinski definition) is 3. The Kier molecular flexibility index (Phi) is 4.65. The van der Waals surface area contributed by atoms with Crippen molar-refractivity contribution in [3.63, 3.8) is 0 Å². The Morgan fingerprint density at radius 1 is 1.18 bits per heavy atom. The summed E-state index contributed by atoms with van der Waals surface area (Å²) in [5.74, 6) is 0.363. The molecule has 0 saturated heterocycles. The third kappa shape index (κ3) is 3.94. The van der Waals surface area contributed by atoms with Gasteiger partial charge in [0.25, 0.3) is 0 Å². The zero-order valence-corrected chi connectivity index (χ0v) is 12.5. The molecule has 8 heteroatoms. The molecule has 22 heavy (non-hydrogen) atoms. The molecule has 0 spiro atoms. The second-order valence-electron chi connectivity index (χ2n) is 4.66. The molecule has 0 fully saturated rings. The molecule has 0 atom stereocenters. The molecule has 0 bridgehead atoms. The van der Waals surface area contributed by atoms with Gasteiger partial charge in [0, 0.05) is 19.7 Å². The number of hydrogen-bond donors (Lipinski definition) is 0. The van der Waals surface area contributed by atoms with Crippen molar-refractivity contribution in [2.24, 2.45) is 4.99 Å². The van der Waals surface area contributed by atoms with Crippen LogP contribution in [0.5, 0.6) is 0 Å². The minimum Gasteiger partial charge on any atom is -0.369 e. The van der Waals surface area contributed by atoms with E-state index in [1.165, 1.54) is 24.5 Å². The summed E-state index contributed by atoms with van der Waals surface area (Å²) in [6.45, 7) is 0. The van der Waals surface area contributed by atoms with Gasteiger partial charge in [0.2, 0.25) is 0 Å². The van der Waals surface area contributed by atoms with Crippen LogP contribution in [-0.2, 0) is 6.18 Å². The second kappa shape index (κ2) is 6.31. The molecular weight excluding hydrogens is 317 g/mol. The van der Waals surface area contributed by atoms with Gasteiger partial charge in [-0.2, -0.15) is 13.2 Å². The topological polar surface area (TPSA) is 41.4 Å². The van der Waals surface area contributed by atoms with E-state index < -0.39 is 11.7 Å². The van der Waals surface area contributed by atoms with E-state index in [4.69, 9.17) is 11.6 Å². The molecule has 1 aromatic heterocycles. The maximum absolute atomic E-state index is 12.8. The third-order valence-corrected chi connectivity index (χ3v) is 2.96. The molecule has 2 rings (SSSR count). The summed E-state index contributed by atoms with van der Waals surface area (Å²) in [5.41, 5.74) is -0.304. The first-order chi connectivity index (χ1) is 10.3. The Morgan fingerprint density at radius 2 is 1.91 bits per heavy atom. The third-order valence-electron chi connectivity index (χ3n) is 2.63. The predicted octanol–water partition coefficient (Wildman–Crippen LogP) is 4.04. The van der Waals surface area contributed by atoms with Crippen LogP contribution in [0.15, 0.2) is 35.6 Å². The van der Waals surface area contributed by atoms with Crippen LogP contribution >= 0.6 is 11.6 Å². The molecule has 0 saturated carbocycles. The maximum Gasteiger partial charge on any atom is 0.417 e. The zero-order chi connectivity index (χ0) is 16.3. The Morgan fingerprint density at radius 3 is 2.45 bits per heavy atom. The summed E-state index contributed by atoms with van der Waals surface area (Å²) in [5, 5.41) is -0.351. The molecule has 4 nitrogen and oxygen atoms in total. The van der Waals surface area contributed by atoms with E-state index in [2.05, 4.69) is 15.0 Å². The van der Waals surface area contributed by atoms with E-state index in [0.717, 1.165) is 6.07 Å². The fraction of sp³-hybridized carbons (Fsp3) is 0.214. The normalized spacial score (nSPS) is 11.9. The average Bonchev–Trinajstić information content (AvgIpc) is 2.45. The number of alkyl halides is 3. The van der Waals surface area contributed by atoms with E-state index in [1.807, 2.05) is 0 Å². The van der Waals surface area contributed by atoms with Crippen LogP contribution < -0.4 is 0 Å². The molecule has 0 radical (unpaired) electrons. The van der Waals surface area contributed by atoms with E-state index >= 15 is 0 Å². The van der Waals surface area contributed by atoms with Gasteiger partial charge in [-0.3, -0.25) is 4.98 Å². The van der Waals surface area contributed by atoms with E-state index in [9.17, 15) is 13.2 Å². The van der Waals surface area contributed by atoms with Crippen LogP contribution in [0.3, 0.4) is 0 Å². The van der Waals surface area contributed by atoms with E-state index in [1.54, 1.807) is 25.3 Å². The standard InChI is InChI=1S/C14H12ClF3N4/c1-22(2)8-21-13-7-19-12(6-20-13)9-3-4-11(15)10(5-9)14(16,17)18/h3-8H,1-2H3. The van der Waals surface area contributed by atoms with Gasteiger partial charge in [-0.15, -0.1) is 0 Å². The fourth-order valence-corrected chi connectivity index (χ4v) is 1.84. The van der Waals surface area contributed by atoms with Gasteiger partial charge in [0.1, 0.15) is 0 Å². The molecule has 1 aromatic carbocycles. The highest BCUT2D eigenvalue weighted by molar-refractivity contribution is 6.31. The molecule has 0 aliphatic carbocycles. The van der Waals surface area contributed by atoms with E-state index in [0.29, 0.717) is 11.5 Å². The molecule has 0 aliphatic heterocycles. The summed E-state index contributed by atoms with van der Waals surface area (Å²) in [6, 6.07) is 3.61. The molecule has 0 aliphatic rings. The van der Waals surface area contributed by atoms with Crippen molar-refractivity contribution in [2.45, 2.75) is 6.18 Å². The number of nitrogens with zero attached hydrogens (tertiary/aromatic N) is 4. The first kappa shape index (κ1) is 16.2. The van der Waals surface area contributed by atoms with Gasteiger partial charge in [0.05, 0.1) is 35.0 Å². The second-order valence-corrected chi connectivity index (χ2v) is 5.07. The van der Waals surface area contributed by atoms with Crippen molar-refractivity contribution < 1.29 is 13.2 Å². The van der Waals surface area contributed by atoms with Crippen molar-refractivity contribution in [3.05, 3.63) is 41.2 Å². The fourth-order valence-electron chi connectivity index (χ4n) is 1.61. The quantitative estimate of drug-likeness (QED) is 0.631. The van der Waals surface area contributed by atoms with Gasteiger partial charge in [-0.25, -0.2) is 9.98 Å². The lowest BCUT2D eigenvalue weighted by molar-refractivity contribution is -0.137. The van der Waals surface area contributed by atoms with Gasteiger partial charge in [0.15, 0.2) is 5.82 Å². The van der Waals surface area contributed by atoms with Crippen molar-refractivity contribution in [1.29, 1.82) is 0 Å². The molecule has 0 amide bonds.